The Hall–Kier alpha value is -3.33. The normalized spacial score (nSPS) is 27.1. The maximum Gasteiger partial charge on any atom is 0.330 e. The third-order valence-electron chi connectivity index (χ3n) is 7.53. The number of hydrogen-bond donors (Lipinski definition) is 3. The number of H-pyrrole nitrogens is 2. The fraction of sp³-hybridized carbons (Fsp3) is 0.654. The zero-order valence-corrected chi connectivity index (χ0v) is 23.3. The summed E-state index contributed by atoms with van der Waals surface area (Å²) in [5, 5.41) is 3.00. The Bertz CT molecular complexity index is 1440. The van der Waals surface area contributed by atoms with Crippen LogP contribution in [0.1, 0.15) is 56.2 Å². The van der Waals surface area contributed by atoms with Crippen molar-refractivity contribution in [1.29, 1.82) is 0 Å². The molecule has 2 fully saturated rings. The summed E-state index contributed by atoms with van der Waals surface area (Å²) in [6.07, 6.45) is 1.99. The number of carbonyl (C=O) groups is 1. The van der Waals surface area contributed by atoms with Gasteiger partial charge in [-0.25, -0.2) is 9.59 Å². The molecule has 220 valence electrons. The lowest BCUT2D eigenvalue weighted by molar-refractivity contribution is -0.124. The number of methoxy groups -OCH3 is 2. The van der Waals surface area contributed by atoms with Gasteiger partial charge in [-0.3, -0.25) is 33.5 Å². The smallest absolute Gasteiger partial charge is 0.330 e. The minimum absolute atomic E-state index is 0.153. The molecule has 0 saturated carbocycles. The van der Waals surface area contributed by atoms with E-state index in [0.717, 1.165) is 0 Å². The number of aromatic amines is 2. The highest BCUT2D eigenvalue weighted by atomic mass is 16.6. The van der Waals surface area contributed by atoms with Crippen molar-refractivity contribution in [3.05, 3.63) is 65.2 Å². The van der Waals surface area contributed by atoms with E-state index in [9.17, 15) is 24.0 Å². The highest BCUT2D eigenvalue weighted by Gasteiger charge is 2.40. The molecule has 2 aliphatic heterocycles. The topological polar surface area (TPSA) is 176 Å². The number of aromatic nitrogens is 4. The molecule has 7 atom stereocenters. The van der Waals surface area contributed by atoms with Crippen LogP contribution in [-0.4, -0.2) is 70.2 Å². The molecule has 4 heterocycles. The van der Waals surface area contributed by atoms with Crippen molar-refractivity contribution in [2.24, 2.45) is 5.92 Å². The van der Waals surface area contributed by atoms with Gasteiger partial charge in [0.15, 0.2) is 0 Å². The SMILES string of the molecule is COC[C@H]1O[C@@H](n2cc(C)c(=O)[nH]c2=O)C[C@@H]1CC(=O)N[C@@H](C)C[C@H]1O[C@@H](n2cc(C)c(=O)[nH]c2=O)C[C@@H]1OC. The number of hydrogen-bond acceptors (Lipinski definition) is 9. The van der Waals surface area contributed by atoms with Gasteiger partial charge in [0.05, 0.1) is 24.9 Å². The van der Waals surface area contributed by atoms with Crippen LogP contribution in [0.3, 0.4) is 0 Å². The Morgan fingerprint density at radius 2 is 1.52 bits per heavy atom. The predicted octanol–water partition coefficient (Wildman–Crippen LogP) is -0.159. The molecule has 0 unspecified atom stereocenters. The average molecular weight is 564 g/mol. The van der Waals surface area contributed by atoms with Crippen molar-refractivity contribution >= 4 is 5.91 Å². The van der Waals surface area contributed by atoms with Crippen LogP contribution < -0.4 is 27.8 Å². The van der Waals surface area contributed by atoms with E-state index in [4.69, 9.17) is 18.9 Å². The van der Waals surface area contributed by atoms with Gasteiger partial charge in [-0.1, -0.05) is 0 Å². The number of ether oxygens (including phenoxy) is 4. The highest BCUT2D eigenvalue weighted by Crippen LogP contribution is 2.35. The third-order valence-corrected chi connectivity index (χ3v) is 7.53. The maximum absolute atomic E-state index is 13.0. The van der Waals surface area contributed by atoms with Crippen LogP contribution in [-0.2, 0) is 23.7 Å². The molecule has 14 heteroatoms. The van der Waals surface area contributed by atoms with Crippen molar-refractivity contribution in [2.75, 3.05) is 20.8 Å². The van der Waals surface area contributed by atoms with Gasteiger partial charge in [0.1, 0.15) is 12.5 Å². The zero-order valence-electron chi connectivity index (χ0n) is 23.3. The van der Waals surface area contributed by atoms with Crippen LogP contribution >= 0.6 is 0 Å². The number of carbonyl (C=O) groups excluding carboxylic acids is 1. The maximum atomic E-state index is 13.0. The Labute approximate surface area is 229 Å². The van der Waals surface area contributed by atoms with E-state index in [0.29, 0.717) is 30.4 Å². The first-order valence-corrected chi connectivity index (χ1v) is 13.3. The number of nitrogens with zero attached hydrogens (tertiary/aromatic N) is 2. The first-order chi connectivity index (χ1) is 19.0. The first kappa shape index (κ1) is 29.6. The van der Waals surface area contributed by atoms with Crippen molar-refractivity contribution < 1.29 is 23.7 Å². The summed E-state index contributed by atoms with van der Waals surface area (Å²) in [6, 6.07) is -0.272. The molecule has 2 aromatic rings. The second-order valence-electron chi connectivity index (χ2n) is 10.6. The molecule has 0 spiro atoms. The zero-order chi connectivity index (χ0) is 29.1. The lowest BCUT2D eigenvalue weighted by Gasteiger charge is -2.23. The van der Waals surface area contributed by atoms with Gasteiger partial charge >= 0.3 is 11.4 Å². The number of aryl methyl sites for hydroxylation is 2. The fourth-order valence-electron chi connectivity index (χ4n) is 5.42. The van der Waals surface area contributed by atoms with Crippen LogP contribution in [0.25, 0.3) is 0 Å². The monoisotopic (exact) mass is 563 g/mol. The minimum atomic E-state index is -0.635. The van der Waals surface area contributed by atoms with Crippen LogP contribution in [0, 0.1) is 19.8 Å². The summed E-state index contributed by atoms with van der Waals surface area (Å²) in [6.45, 7) is 5.33. The average Bonchev–Trinajstić information content (AvgIpc) is 3.47. The van der Waals surface area contributed by atoms with E-state index in [2.05, 4.69) is 15.3 Å². The van der Waals surface area contributed by atoms with Gasteiger partial charge in [0.2, 0.25) is 5.91 Å². The van der Waals surface area contributed by atoms with Crippen LogP contribution in [0.15, 0.2) is 31.6 Å². The molecule has 0 aliphatic carbocycles. The molecule has 40 heavy (non-hydrogen) atoms. The standard InChI is InChI=1S/C26H37N5O9/c1-13-10-30(25(35)28-23(13)33)21-8-16(19(40-21)12-37-4)7-20(32)27-15(3)6-18-17(38-5)9-22(39-18)31-11-14(2)24(34)29-26(31)36/h10-11,15-19,21-22H,6-9,12H2,1-5H3,(H,27,32)(H,28,33,35)(H,29,34,36)/t15-,16-,17-,18+,19+,21+,22+/m0/s1. The molecule has 3 N–H and O–H groups in total. The molecular formula is C26H37N5O9. The number of nitrogens with one attached hydrogen (secondary N) is 3. The summed E-state index contributed by atoms with van der Waals surface area (Å²) in [4.78, 5) is 65.8. The molecule has 2 aromatic heterocycles. The molecule has 2 saturated heterocycles. The Kier molecular flexibility index (Phi) is 9.23. The summed E-state index contributed by atoms with van der Waals surface area (Å²) >= 11 is 0. The molecule has 4 rings (SSSR count). The van der Waals surface area contributed by atoms with E-state index in [1.165, 1.54) is 28.6 Å². The summed E-state index contributed by atoms with van der Waals surface area (Å²) < 4.78 is 25.7. The van der Waals surface area contributed by atoms with E-state index in [-0.39, 0.29) is 43.1 Å². The van der Waals surface area contributed by atoms with Crippen molar-refractivity contribution in [3.8, 4) is 0 Å². The fourth-order valence-corrected chi connectivity index (χ4v) is 5.42. The molecule has 0 radical (unpaired) electrons. The Morgan fingerprint density at radius 3 is 2.08 bits per heavy atom. The summed E-state index contributed by atoms with van der Waals surface area (Å²) in [7, 11) is 3.10. The van der Waals surface area contributed by atoms with Gasteiger partial charge in [-0.05, 0) is 33.6 Å². The van der Waals surface area contributed by atoms with Crippen molar-refractivity contribution in [3.63, 3.8) is 0 Å². The van der Waals surface area contributed by atoms with Crippen LogP contribution in [0.5, 0.6) is 0 Å². The minimum Gasteiger partial charge on any atom is -0.382 e. The second-order valence-corrected chi connectivity index (χ2v) is 10.6. The molecule has 0 aromatic carbocycles. The third kappa shape index (κ3) is 6.52. The summed E-state index contributed by atoms with van der Waals surface area (Å²) in [5.41, 5.74) is -1.24. The van der Waals surface area contributed by atoms with E-state index >= 15 is 0 Å². The predicted molar refractivity (Wildman–Crippen MR) is 142 cm³/mol. The molecule has 0 bridgehead atoms. The molecular weight excluding hydrogens is 526 g/mol. The molecule has 14 nitrogen and oxygen atoms in total. The number of rotatable bonds is 10. The molecule has 2 aliphatic rings. The largest absolute Gasteiger partial charge is 0.382 e. The van der Waals surface area contributed by atoms with Crippen molar-refractivity contribution in [2.45, 2.75) is 83.3 Å². The highest BCUT2D eigenvalue weighted by molar-refractivity contribution is 5.76. The quantitative estimate of drug-likeness (QED) is 0.355. The Balaban J connectivity index is 1.37. The van der Waals surface area contributed by atoms with Gasteiger partial charge in [0.25, 0.3) is 11.1 Å². The Morgan fingerprint density at radius 1 is 0.975 bits per heavy atom. The first-order valence-electron chi connectivity index (χ1n) is 13.3. The van der Waals surface area contributed by atoms with E-state index < -0.39 is 41.1 Å². The van der Waals surface area contributed by atoms with Crippen LogP contribution in [0.4, 0.5) is 0 Å². The van der Waals surface area contributed by atoms with Gasteiger partial charge in [-0.2, -0.15) is 0 Å². The van der Waals surface area contributed by atoms with Crippen molar-refractivity contribution in [1.82, 2.24) is 24.4 Å². The second kappa shape index (κ2) is 12.5. The lowest BCUT2D eigenvalue weighted by atomic mass is 9.96. The van der Waals surface area contributed by atoms with E-state index in [1.54, 1.807) is 21.0 Å². The van der Waals surface area contributed by atoms with Gasteiger partial charge in [0, 0.05) is 62.5 Å². The lowest BCUT2D eigenvalue weighted by Crippen LogP contribution is -2.39. The van der Waals surface area contributed by atoms with Crippen LogP contribution in [0.2, 0.25) is 0 Å². The van der Waals surface area contributed by atoms with Gasteiger partial charge < -0.3 is 24.3 Å². The number of amides is 1. The molecule has 1 amide bonds. The van der Waals surface area contributed by atoms with Gasteiger partial charge in [-0.15, -0.1) is 0 Å². The summed E-state index contributed by atoms with van der Waals surface area (Å²) in [5.74, 6) is -0.408. The van der Waals surface area contributed by atoms with E-state index in [1.807, 2.05) is 6.92 Å².